The van der Waals surface area contributed by atoms with Crippen molar-refractivity contribution < 1.29 is 48.7 Å². The summed E-state index contributed by atoms with van der Waals surface area (Å²) < 4.78 is 110. The number of hydrogen-bond donors (Lipinski definition) is 6. The number of aryl methyl sites for hydroxylation is 1. The third kappa shape index (κ3) is 20.0. The number of ether oxygens (including phenoxy) is 1. The van der Waals surface area contributed by atoms with Gasteiger partial charge in [-0.15, -0.1) is 0 Å². The summed E-state index contributed by atoms with van der Waals surface area (Å²) in [5.74, 6) is 7.34. The standard InChI is InChI=1S/C27H28FN3O2.C26H27FN4O.C25H27FN4O2S.C25H26FN3O2S/c1-15-12-19(27(32)33-3)13-24-25(15)31-26(30-24)16(2)17-4-6-18(7-5-17)21-10-11-29-23-9-8-20(28)14-22(21)23;1-15(26-30-24-10-8-20(29-16(2)32)14-25(24)31-26)17-3-5-18(6-4-17)21-11-12-28-23-9-7-19(27)13-22(21)23;1-15(25-28-23-10-8-19(14-24(23)29-25)30-33(2,31)32)16-3-5-17(6-4-16)20-11-12-27-22-9-7-18(26)13-21(20)22;1-15(25-28-23-10-8-19(32(2,30)31)14-24(23)29-25)16-3-5-17(6-4-16)20-11-12-27-22-9-7-18(26)13-21(20)22/h8-14,16-18H,4-7H2,1-3H3,(H,30,31);7-15,17-18H,3-6H2,1-2H3,(H,29,32)(H,30,31);7-17,30H,3-6H2,1-2H3,(H,28,29);7-17H,3-6H2,1-2H3,(H,28,29)/t;15-,17?,18?;2*15-,16?,17?/m.000/s1. The highest BCUT2D eigenvalue weighted by Crippen LogP contribution is 2.49. The van der Waals surface area contributed by atoms with Gasteiger partial charge in [-0.2, -0.15) is 0 Å². The van der Waals surface area contributed by atoms with Gasteiger partial charge in [-0.05, 0) is 349 Å². The Bertz CT molecular complexity index is 7150. The number of imidazole rings is 4. The molecular weight excluding hydrogens is 1690 g/mol. The zero-order valence-corrected chi connectivity index (χ0v) is 76.0. The Morgan fingerprint density at radius 1 is 0.385 bits per heavy atom. The SMILES string of the molecule is CC(=O)Nc1ccc2nc([C@@H](C)C3CCC(c4ccnc5ccc(F)cc45)CC3)[nH]c2c1.COC(=O)c1cc(C)c2nc(C(C)C3CCC(c4ccnc5ccc(F)cc45)CC3)[nH]c2c1.C[C@H](c1nc2ccc(NS(C)(=O)=O)cc2[nH]1)C1CCC(c2ccnc3ccc(F)cc23)CC1.C[C@H](c1nc2ccc(S(C)(=O)=O)cc2[nH]1)C1CCC(c2ccnc3ccc(F)cc23)CC1. The van der Waals surface area contributed by atoms with Crippen LogP contribution in [0.2, 0.25) is 0 Å². The van der Waals surface area contributed by atoms with E-state index in [2.05, 4.69) is 89.7 Å². The maximum atomic E-state index is 13.9. The average Bonchev–Trinajstić information content (AvgIpc) is 1.04. The number of rotatable bonds is 17. The number of carbonyl (C=O) groups is 2. The number of H-pyrrole nitrogens is 4. The molecule has 4 atom stereocenters. The van der Waals surface area contributed by atoms with E-state index in [9.17, 15) is 44.0 Å². The first kappa shape index (κ1) is 89.6. The fourth-order valence-corrected chi connectivity index (χ4v) is 22.1. The number of amides is 1. The van der Waals surface area contributed by atoms with E-state index in [0.717, 1.165) is 231 Å². The molecule has 6 N–H and O–H groups in total. The molecule has 8 aromatic heterocycles. The molecule has 4 saturated carbocycles. The van der Waals surface area contributed by atoms with Gasteiger partial charge in [0.25, 0.3) is 0 Å². The predicted octanol–water partition coefficient (Wildman–Crippen LogP) is 24.1. The van der Waals surface area contributed by atoms with Gasteiger partial charge in [-0.25, -0.2) is 59.1 Å². The highest BCUT2D eigenvalue weighted by molar-refractivity contribution is 7.92. The van der Waals surface area contributed by atoms with Crippen molar-refractivity contribution in [3.63, 3.8) is 0 Å². The number of hydrogen-bond acceptors (Lipinski definition) is 15. The van der Waals surface area contributed by atoms with Crippen LogP contribution in [-0.4, -0.2) is 108 Å². The van der Waals surface area contributed by atoms with Gasteiger partial charge in [-0.3, -0.25) is 29.5 Å². The zero-order chi connectivity index (χ0) is 91.0. The number of sulfonamides is 1. The fraction of sp³-hybridized carbons (Fsp3) is 0.359. The molecule has 27 heteroatoms. The van der Waals surface area contributed by atoms with Crippen LogP contribution in [0.15, 0.2) is 193 Å². The average molecular weight is 1790 g/mol. The van der Waals surface area contributed by atoms with Gasteiger partial charge in [0, 0.05) is 88.9 Å². The van der Waals surface area contributed by atoms with Crippen molar-refractivity contribution in [1.29, 1.82) is 0 Å². The van der Waals surface area contributed by atoms with E-state index < -0.39 is 19.9 Å². The number of nitrogens with one attached hydrogen (secondary N) is 6. The van der Waals surface area contributed by atoms with E-state index in [1.807, 2.05) is 80.2 Å². The Labute approximate surface area is 753 Å². The molecule has 0 spiro atoms. The van der Waals surface area contributed by atoms with Crippen LogP contribution in [-0.2, 0) is 29.4 Å². The summed E-state index contributed by atoms with van der Waals surface area (Å²) in [7, 11) is -5.19. The number of aromatic nitrogens is 12. The monoisotopic (exact) mass is 1790 g/mol. The lowest BCUT2D eigenvalue weighted by Gasteiger charge is -2.32. The fourth-order valence-electron chi connectivity index (χ4n) is 20.9. The first-order chi connectivity index (χ1) is 62.5. The molecule has 0 radical (unpaired) electrons. The molecule has 0 saturated heterocycles. The largest absolute Gasteiger partial charge is 0.465 e. The number of fused-ring (bicyclic) bond motifs is 8. The van der Waals surface area contributed by atoms with E-state index in [0.29, 0.717) is 69.4 Å². The zero-order valence-electron chi connectivity index (χ0n) is 74.4. The van der Waals surface area contributed by atoms with Crippen molar-refractivity contribution in [3.05, 3.63) is 269 Å². The van der Waals surface area contributed by atoms with Crippen LogP contribution in [0.4, 0.5) is 28.9 Å². The van der Waals surface area contributed by atoms with Gasteiger partial charge >= 0.3 is 5.97 Å². The lowest BCUT2D eigenvalue weighted by molar-refractivity contribution is -0.114. The van der Waals surface area contributed by atoms with Crippen molar-refractivity contribution in [1.82, 2.24) is 59.8 Å². The third-order valence-corrected chi connectivity index (χ3v) is 29.8. The number of anilines is 2. The van der Waals surface area contributed by atoms with Gasteiger partial charge in [-0.1, -0.05) is 27.7 Å². The molecule has 130 heavy (non-hydrogen) atoms. The highest BCUT2D eigenvalue weighted by Gasteiger charge is 2.35. The molecule has 672 valence electrons. The molecule has 0 bridgehead atoms. The van der Waals surface area contributed by atoms with Crippen molar-refractivity contribution in [3.8, 4) is 0 Å². The second-order valence-corrected chi connectivity index (χ2v) is 40.3. The van der Waals surface area contributed by atoms with E-state index >= 15 is 0 Å². The van der Waals surface area contributed by atoms with Crippen LogP contribution in [0, 0.1) is 53.9 Å². The van der Waals surface area contributed by atoms with Gasteiger partial charge in [0.2, 0.25) is 15.9 Å². The Morgan fingerprint density at radius 2 is 0.700 bits per heavy atom. The summed E-state index contributed by atoms with van der Waals surface area (Å²) in [5.41, 5.74) is 17.8. The van der Waals surface area contributed by atoms with Crippen molar-refractivity contribution >= 4 is 131 Å². The second-order valence-electron chi connectivity index (χ2n) is 36.5. The van der Waals surface area contributed by atoms with E-state index in [-0.39, 0.29) is 52.9 Å². The van der Waals surface area contributed by atoms with Crippen LogP contribution in [0.3, 0.4) is 0 Å². The van der Waals surface area contributed by atoms with Crippen LogP contribution in [0.5, 0.6) is 0 Å². The summed E-state index contributed by atoms with van der Waals surface area (Å²) >= 11 is 0. The summed E-state index contributed by atoms with van der Waals surface area (Å²) in [6.07, 6.45) is 26.8. The first-order valence-corrected chi connectivity index (χ1v) is 49.0. The van der Waals surface area contributed by atoms with Crippen LogP contribution >= 0.6 is 0 Å². The van der Waals surface area contributed by atoms with Gasteiger partial charge < -0.3 is 30.0 Å². The van der Waals surface area contributed by atoms with Crippen molar-refractivity contribution in [2.45, 2.75) is 197 Å². The molecule has 8 heterocycles. The quantitative estimate of drug-likeness (QED) is 0.0365. The van der Waals surface area contributed by atoms with Crippen LogP contribution < -0.4 is 10.0 Å². The Hall–Kier alpha value is -12.4. The van der Waals surface area contributed by atoms with Gasteiger partial charge in [0.1, 0.15) is 46.6 Å². The molecule has 0 aliphatic heterocycles. The van der Waals surface area contributed by atoms with Gasteiger partial charge in [0.15, 0.2) is 9.84 Å². The normalized spacial score (nSPS) is 20.1. The number of aromatic amines is 4. The van der Waals surface area contributed by atoms with Crippen LogP contribution in [0.25, 0.3) is 87.7 Å². The molecule has 4 fully saturated rings. The summed E-state index contributed by atoms with van der Waals surface area (Å²) in [5, 5.41) is 6.54. The minimum atomic E-state index is -3.33. The highest BCUT2D eigenvalue weighted by atomic mass is 32.2. The molecule has 4 aliphatic rings. The van der Waals surface area contributed by atoms with Gasteiger partial charge in [0.05, 0.1) is 95.7 Å². The first-order valence-electron chi connectivity index (χ1n) is 45.2. The summed E-state index contributed by atoms with van der Waals surface area (Å²) in [6.45, 7) is 12.3. The van der Waals surface area contributed by atoms with Crippen molar-refractivity contribution in [2.75, 3.05) is 29.7 Å². The molecular formula is C103H108F4N14O7S2. The minimum Gasteiger partial charge on any atom is -0.465 e. The predicted molar refractivity (Wildman–Crippen MR) is 506 cm³/mol. The number of carbonyl (C=O) groups excluding carboxylic acids is 2. The molecule has 8 aromatic carbocycles. The molecule has 1 amide bonds. The van der Waals surface area contributed by atoms with E-state index in [4.69, 9.17) is 24.7 Å². The minimum absolute atomic E-state index is 0.0843. The third-order valence-electron chi connectivity index (χ3n) is 28.1. The maximum absolute atomic E-state index is 13.9. The number of halogens is 4. The van der Waals surface area contributed by atoms with E-state index in [1.54, 1.807) is 78.9 Å². The number of esters is 1. The second kappa shape index (κ2) is 38.0. The van der Waals surface area contributed by atoms with Crippen LogP contribution in [0.1, 0.15) is 246 Å². The molecule has 16 aromatic rings. The molecule has 21 nitrogen and oxygen atoms in total. The number of methoxy groups -OCH3 is 1. The number of sulfone groups is 1. The molecule has 1 unspecified atom stereocenters. The summed E-state index contributed by atoms with van der Waals surface area (Å²) in [6, 6.07) is 47.3. The van der Waals surface area contributed by atoms with Crippen molar-refractivity contribution in [2.24, 2.45) is 23.7 Å². The number of benzene rings is 8. The topological polar surface area (TPSA) is 302 Å². The maximum Gasteiger partial charge on any atom is 0.337 e. The molecule has 4 aliphatic carbocycles. The number of pyridine rings is 4. The molecule has 20 rings (SSSR count). The Kier molecular flexibility index (Phi) is 26.2. The Balaban J connectivity index is 0.000000121. The lowest BCUT2D eigenvalue weighted by atomic mass is 9.73. The number of nitrogens with zero attached hydrogens (tertiary/aromatic N) is 8. The smallest absolute Gasteiger partial charge is 0.337 e. The van der Waals surface area contributed by atoms with E-state index in [1.165, 1.54) is 66.8 Å². The summed E-state index contributed by atoms with van der Waals surface area (Å²) in [4.78, 5) is 74.1. The Morgan fingerprint density at radius 3 is 1.04 bits per heavy atom. The lowest BCUT2D eigenvalue weighted by Crippen LogP contribution is -2.19.